The molecule has 0 bridgehead atoms. The SMILES string of the molecule is COc1cc(CC(C)(C)C(=O)O)ccn1. The van der Waals surface area contributed by atoms with Gasteiger partial charge in [0.15, 0.2) is 0 Å². The Morgan fingerprint density at radius 2 is 2.27 bits per heavy atom. The highest BCUT2D eigenvalue weighted by Crippen LogP contribution is 2.23. The molecule has 0 aliphatic heterocycles. The molecule has 15 heavy (non-hydrogen) atoms. The summed E-state index contributed by atoms with van der Waals surface area (Å²) in [5.74, 6) is -0.299. The fourth-order valence-electron chi connectivity index (χ4n) is 1.26. The molecule has 0 saturated carbocycles. The lowest BCUT2D eigenvalue weighted by Crippen LogP contribution is -2.26. The van der Waals surface area contributed by atoms with Crippen molar-refractivity contribution >= 4 is 5.97 Å². The lowest BCUT2D eigenvalue weighted by molar-refractivity contribution is -0.146. The number of aromatic nitrogens is 1. The second kappa shape index (κ2) is 4.29. The molecule has 0 radical (unpaired) electrons. The lowest BCUT2D eigenvalue weighted by Gasteiger charge is -2.18. The topological polar surface area (TPSA) is 59.4 Å². The first-order valence-corrected chi connectivity index (χ1v) is 4.68. The van der Waals surface area contributed by atoms with Gasteiger partial charge in [0.05, 0.1) is 12.5 Å². The first-order chi connectivity index (χ1) is 6.95. The van der Waals surface area contributed by atoms with Gasteiger partial charge >= 0.3 is 5.97 Å². The molecule has 4 nitrogen and oxygen atoms in total. The van der Waals surface area contributed by atoms with Gasteiger partial charge in [-0.05, 0) is 31.9 Å². The van der Waals surface area contributed by atoms with Gasteiger partial charge in [-0.1, -0.05) is 0 Å². The zero-order chi connectivity index (χ0) is 11.5. The number of aliphatic carboxylic acids is 1. The maximum absolute atomic E-state index is 10.9. The van der Waals surface area contributed by atoms with E-state index in [0.29, 0.717) is 12.3 Å². The van der Waals surface area contributed by atoms with E-state index >= 15 is 0 Å². The standard InChI is InChI=1S/C11H15NO3/c1-11(2,10(13)14)7-8-4-5-12-9(6-8)15-3/h4-6H,7H2,1-3H3,(H,13,14). The van der Waals surface area contributed by atoms with E-state index < -0.39 is 11.4 Å². The number of ether oxygens (including phenoxy) is 1. The molecule has 4 heteroatoms. The largest absolute Gasteiger partial charge is 0.481 e. The average Bonchev–Trinajstić information content (AvgIpc) is 2.17. The lowest BCUT2D eigenvalue weighted by atomic mass is 9.86. The second-order valence-electron chi connectivity index (χ2n) is 4.07. The zero-order valence-electron chi connectivity index (χ0n) is 9.15. The molecule has 0 saturated heterocycles. The van der Waals surface area contributed by atoms with Gasteiger partial charge in [0, 0.05) is 12.3 Å². The van der Waals surface area contributed by atoms with Crippen LogP contribution in [0.1, 0.15) is 19.4 Å². The van der Waals surface area contributed by atoms with Gasteiger partial charge in [-0.2, -0.15) is 0 Å². The van der Waals surface area contributed by atoms with E-state index in [-0.39, 0.29) is 0 Å². The van der Waals surface area contributed by atoms with Crippen LogP contribution in [0, 0.1) is 5.41 Å². The molecular weight excluding hydrogens is 194 g/mol. The van der Waals surface area contributed by atoms with Crippen molar-refractivity contribution in [1.82, 2.24) is 4.98 Å². The maximum atomic E-state index is 10.9. The number of carbonyl (C=O) groups is 1. The van der Waals surface area contributed by atoms with Gasteiger partial charge in [0.25, 0.3) is 0 Å². The van der Waals surface area contributed by atoms with Crippen LogP contribution in [0.15, 0.2) is 18.3 Å². The van der Waals surface area contributed by atoms with Crippen molar-refractivity contribution in [2.24, 2.45) is 5.41 Å². The highest BCUT2D eigenvalue weighted by atomic mass is 16.5. The Morgan fingerprint density at radius 1 is 1.60 bits per heavy atom. The van der Waals surface area contributed by atoms with Crippen LogP contribution in [0.2, 0.25) is 0 Å². The van der Waals surface area contributed by atoms with Crippen LogP contribution in [-0.2, 0) is 11.2 Å². The van der Waals surface area contributed by atoms with Crippen LogP contribution in [0.3, 0.4) is 0 Å². The van der Waals surface area contributed by atoms with Crippen LogP contribution in [-0.4, -0.2) is 23.2 Å². The molecule has 1 aromatic rings. The van der Waals surface area contributed by atoms with E-state index in [0.717, 1.165) is 5.56 Å². The Kier molecular flexibility index (Phi) is 3.29. The molecule has 0 atom stereocenters. The zero-order valence-corrected chi connectivity index (χ0v) is 9.15. The van der Waals surface area contributed by atoms with Crippen molar-refractivity contribution in [3.05, 3.63) is 23.9 Å². The molecule has 0 aromatic carbocycles. The molecule has 0 aliphatic carbocycles. The maximum Gasteiger partial charge on any atom is 0.309 e. The summed E-state index contributed by atoms with van der Waals surface area (Å²) < 4.78 is 4.97. The van der Waals surface area contributed by atoms with Crippen LogP contribution in [0.5, 0.6) is 5.88 Å². The van der Waals surface area contributed by atoms with Crippen LogP contribution in [0.25, 0.3) is 0 Å². The molecule has 1 heterocycles. The number of nitrogens with zero attached hydrogens (tertiary/aromatic N) is 1. The minimum Gasteiger partial charge on any atom is -0.481 e. The van der Waals surface area contributed by atoms with E-state index in [1.165, 1.54) is 7.11 Å². The van der Waals surface area contributed by atoms with Crippen molar-refractivity contribution in [3.8, 4) is 5.88 Å². The van der Waals surface area contributed by atoms with E-state index in [4.69, 9.17) is 9.84 Å². The van der Waals surface area contributed by atoms with Crippen molar-refractivity contribution in [2.45, 2.75) is 20.3 Å². The molecule has 1 aromatic heterocycles. The smallest absolute Gasteiger partial charge is 0.309 e. The summed E-state index contributed by atoms with van der Waals surface area (Å²) in [6.45, 7) is 3.39. The second-order valence-corrected chi connectivity index (χ2v) is 4.07. The number of pyridine rings is 1. The predicted molar refractivity (Wildman–Crippen MR) is 55.9 cm³/mol. The van der Waals surface area contributed by atoms with Crippen LogP contribution in [0.4, 0.5) is 0 Å². The minimum atomic E-state index is -0.807. The number of rotatable bonds is 4. The number of carboxylic acids is 1. The van der Waals surface area contributed by atoms with Crippen LogP contribution < -0.4 is 4.74 Å². The molecule has 0 amide bonds. The number of methoxy groups -OCH3 is 1. The Balaban J connectivity index is 2.85. The summed E-state index contributed by atoms with van der Waals surface area (Å²) in [5, 5.41) is 8.98. The first kappa shape index (κ1) is 11.5. The molecule has 0 unspecified atom stereocenters. The highest BCUT2D eigenvalue weighted by Gasteiger charge is 2.27. The summed E-state index contributed by atoms with van der Waals surface area (Å²) >= 11 is 0. The monoisotopic (exact) mass is 209 g/mol. The number of hydrogen-bond acceptors (Lipinski definition) is 3. The summed E-state index contributed by atoms with van der Waals surface area (Å²) in [6, 6.07) is 3.55. The molecule has 82 valence electrons. The third-order valence-electron chi connectivity index (χ3n) is 2.23. The van der Waals surface area contributed by atoms with E-state index in [2.05, 4.69) is 4.98 Å². The average molecular weight is 209 g/mol. The Labute approximate surface area is 88.9 Å². The third kappa shape index (κ3) is 2.94. The quantitative estimate of drug-likeness (QED) is 0.820. The van der Waals surface area contributed by atoms with Gasteiger partial charge in [-0.3, -0.25) is 4.79 Å². The number of hydrogen-bond donors (Lipinski definition) is 1. The van der Waals surface area contributed by atoms with Gasteiger partial charge in [-0.25, -0.2) is 4.98 Å². The summed E-state index contributed by atoms with van der Waals surface area (Å²) in [6.07, 6.45) is 2.08. The molecular formula is C11H15NO3. The fourth-order valence-corrected chi connectivity index (χ4v) is 1.26. The van der Waals surface area contributed by atoms with Crippen LogP contribution >= 0.6 is 0 Å². The van der Waals surface area contributed by atoms with Gasteiger partial charge in [-0.15, -0.1) is 0 Å². The summed E-state index contributed by atoms with van der Waals surface area (Å²) in [7, 11) is 1.54. The van der Waals surface area contributed by atoms with Crippen molar-refractivity contribution in [2.75, 3.05) is 7.11 Å². The third-order valence-corrected chi connectivity index (χ3v) is 2.23. The molecule has 1 N–H and O–H groups in total. The molecule has 0 aliphatic rings. The fraction of sp³-hybridized carbons (Fsp3) is 0.455. The van der Waals surface area contributed by atoms with E-state index in [1.54, 1.807) is 32.2 Å². The van der Waals surface area contributed by atoms with Gasteiger partial charge in [0.2, 0.25) is 5.88 Å². The van der Waals surface area contributed by atoms with E-state index in [1.807, 2.05) is 0 Å². The Morgan fingerprint density at radius 3 is 2.80 bits per heavy atom. The Bertz CT molecular complexity index is 361. The van der Waals surface area contributed by atoms with E-state index in [9.17, 15) is 4.79 Å². The van der Waals surface area contributed by atoms with Crippen molar-refractivity contribution in [3.63, 3.8) is 0 Å². The summed E-state index contributed by atoms with van der Waals surface area (Å²) in [5.41, 5.74) is 0.140. The Hall–Kier alpha value is -1.58. The minimum absolute atomic E-state index is 0.460. The molecule has 0 spiro atoms. The van der Waals surface area contributed by atoms with Gasteiger partial charge < -0.3 is 9.84 Å². The normalized spacial score (nSPS) is 11.1. The predicted octanol–water partition coefficient (Wildman–Crippen LogP) is 1.74. The number of carboxylic acid groups (broad SMARTS) is 1. The first-order valence-electron chi connectivity index (χ1n) is 4.68. The highest BCUT2D eigenvalue weighted by molar-refractivity contribution is 5.74. The van der Waals surface area contributed by atoms with Crippen molar-refractivity contribution in [1.29, 1.82) is 0 Å². The summed E-state index contributed by atoms with van der Waals surface area (Å²) in [4.78, 5) is 14.9. The van der Waals surface area contributed by atoms with Gasteiger partial charge in [0.1, 0.15) is 0 Å². The molecule has 0 fully saturated rings. The molecule has 1 rings (SSSR count). The van der Waals surface area contributed by atoms with Crippen molar-refractivity contribution < 1.29 is 14.6 Å².